The van der Waals surface area contributed by atoms with Crippen LogP contribution in [0, 0.1) is 5.82 Å². The predicted octanol–water partition coefficient (Wildman–Crippen LogP) is 5.36. The zero-order valence-corrected chi connectivity index (χ0v) is 24.8. The number of halogens is 2. The molecule has 1 fully saturated rings. The maximum absolute atomic E-state index is 13.5. The molecule has 1 heterocycles. The highest BCUT2D eigenvalue weighted by atomic mass is 35.5. The molecule has 2 N–H and O–H groups in total. The number of methoxy groups -OCH3 is 1. The summed E-state index contributed by atoms with van der Waals surface area (Å²) in [7, 11) is 1.34. The van der Waals surface area contributed by atoms with Crippen LogP contribution in [0.15, 0.2) is 60.2 Å². The van der Waals surface area contributed by atoms with Gasteiger partial charge in [-0.15, -0.1) is 0 Å². The van der Waals surface area contributed by atoms with Crippen molar-refractivity contribution in [2.45, 2.75) is 20.3 Å². The van der Waals surface area contributed by atoms with E-state index in [1.165, 1.54) is 61.7 Å². The molecule has 1 aliphatic rings. The number of imide groups is 2. The van der Waals surface area contributed by atoms with Crippen LogP contribution in [-0.4, -0.2) is 50.7 Å². The minimum Gasteiger partial charge on any atom is -0.493 e. The van der Waals surface area contributed by atoms with Gasteiger partial charge >= 0.3 is 6.03 Å². The second kappa shape index (κ2) is 14.4. The third-order valence-electron chi connectivity index (χ3n) is 6.09. The molecule has 0 aromatic heterocycles. The Hall–Kier alpha value is -5.10. The largest absolute Gasteiger partial charge is 0.493 e. The minimum atomic E-state index is -0.930. The number of ether oxygens (including phenoxy) is 4. The highest BCUT2D eigenvalue weighted by Crippen LogP contribution is 2.38. The summed E-state index contributed by atoms with van der Waals surface area (Å²) in [6, 6.07) is 11.7. The number of benzene rings is 3. The number of anilines is 2. The fourth-order valence-corrected chi connectivity index (χ4v) is 4.40. The topological polar surface area (TPSA) is 132 Å². The first kappa shape index (κ1) is 31.8. The normalized spacial score (nSPS) is 13.9. The molecule has 0 bridgehead atoms. The molecule has 0 spiro atoms. The van der Waals surface area contributed by atoms with Crippen molar-refractivity contribution < 1.29 is 42.5 Å². The number of amides is 5. The summed E-state index contributed by atoms with van der Waals surface area (Å²) in [4.78, 5) is 52.1. The van der Waals surface area contributed by atoms with Gasteiger partial charge in [0.15, 0.2) is 29.6 Å². The van der Waals surface area contributed by atoms with Gasteiger partial charge in [0.1, 0.15) is 11.4 Å². The zero-order chi connectivity index (χ0) is 31.8. The number of hydrogen-bond donors (Lipinski definition) is 2. The molecule has 0 aliphatic carbocycles. The van der Waals surface area contributed by atoms with Crippen molar-refractivity contribution in [2.75, 3.05) is 37.1 Å². The molecule has 3 aromatic carbocycles. The molecule has 44 heavy (non-hydrogen) atoms. The molecular weight excluding hydrogens is 597 g/mol. The van der Waals surface area contributed by atoms with Crippen molar-refractivity contribution in [3.63, 3.8) is 0 Å². The Labute approximate surface area is 257 Å². The van der Waals surface area contributed by atoms with E-state index in [2.05, 4.69) is 10.6 Å². The minimum absolute atomic E-state index is 0.0198. The maximum Gasteiger partial charge on any atom is 0.335 e. The number of barbiturate groups is 1. The number of urea groups is 1. The smallest absolute Gasteiger partial charge is 0.335 e. The van der Waals surface area contributed by atoms with E-state index in [0.717, 1.165) is 11.3 Å². The molecule has 1 saturated heterocycles. The van der Waals surface area contributed by atoms with Crippen molar-refractivity contribution in [1.29, 1.82) is 0 Å². The molecule has 1 aliphatic heterocycles. The van der Waals surface area contributed by atoms with Crippen LogP contribution in [0.3, 0.4) is 0 Å². The fraction of sp³-hybridized carbons (Fsp3) is 0.226. The molecule has 13 heteroatoms. The van der Waals surface area contributed by atoms with Gasteiger partial charge in [0.2, 0.25) is 0 Å². The van der Waals surface area contributed by atoms with Crippen molar-refractivity contribution >= 4 is 52.8 Å². The summed E-state index contributed by atoms with van der Waals surface area (Å²) >= 11 is 6.43. The molecule has 0 radical (unpaired) electrons. The van der Waals surface area contributed by atoms with Crippen LogP contribution >= 0.6 is 11.6 Å². The molecule has 0 saturated carbocycles. The summed E-state index contributed by atoms with van der Waals surface area (Å²) in [6.07, 6.45) is 2.02. The van der Waals surface area contributed by atoms with Gasteiger partial charge in [0.05, 0.1) is 31.0 Å². The van der Waals surface area contributed by atoms with Gasteiger partial charge in [-0.3, -0.25) is 19.7 Å². The molecule has 3 aromatic rings. The Morgan fingerprint density at radius 2 is 1.73 bits per heavy atom. The summed E-state index contributed by atoms with van der Waals surface area (Å²) in [5.74, 6) is -1.83. The Balaban J connectivity index is 1.57. The second-order valence-electron chi connectivity index (χ2n) is 9.25. The van der Waals surface area contributed by atoms with E-state index in [1.54, 1.807) is 13.0 Å². The highest BCUT2D eigenvalue weighted by molar-refractivity contribution is 6.39. The first-order valence-electron chi connectivity index (χ1n) is 13.5. The Bertz CT molecular complexity index is 1610. The number of carbonyl (C=O) groups is 4. The Morgan fingerprint density at radius 1 is 0.977 bits per heavy atom. The van der Waals surface area contributed by atoms with E-state index >= 15 is 0 Å². The fourth-order valence-electron chi connectivity index (χ4n) is 4.13. The number of nitrogens with one attached hydrogen (secondary N) is 2. The number of hydrogen-bond acceptors (Lipinski definition) is 8. The number of nitrogens with zero attached hydrogens (tertiary/aromatic N) is 1. The van der Waals surface area contributed by atoms with Crippen LogP contribution in [0.5, 0.6) is 23.0 Å². The van der Waals surface area contributed by atoms with E-state index in [1.807, 2.05) is 6.92 Å². The summed E-state index contributed by atoms with van der Waals surface area (Å²) < 4.78 is 35.4. The molecule has 5 amide bonds. The average Bonchev–Trinajstić information content (AvgIpc) is 2.99. The molecule has 0 unspecified atom stereocenters. The van der Waals surface area contributed by atoms with Gasteiger partial charge in [-0.1, -0.05) is 18.5 Å². The first-order chi connectivity index (χ1) is 21.1. The molecule has 230 valence electrons. The van der Waals surface area contributed by atoms with E-state index < -0.39 is 36.2 Å². The van der Waals surface area contributed by atoms with Crippen LogP contribution in [-0.2, 0) is 14.4 Å². The van der Waals surface area contributed by atoms with Crippen LogP contribution in [0.1, 0.15) is 25.8 Å². The average molecular weight is 626 g/mol. The SMILES string of the molecule is CCCOc1ccc(N2C(=O)NC(=O)/C(=C\c3cc(Cl)c(OCC(=O)Nc4ccc(F)cc4)c(OC)c3)C2=O)cc1OCC. The quantitative estimate of drug-likeness (QED) is 0.203. The molecule has 4 rings (SSSR count). The highest BCUT2D eigenvalue weighted by Gasteiger charge is 2.37. The van der Waals surface area contributed by atoms with Gasteiger partial charge in [0, 0.05) is 11.8 Å². The molecule has 11 nitrogen and oxygen atoms in total. The third kappa shape index (κ3) is 7.45. The zero-order valence-electron chi connectivity index (χ0n) is 24.1. The lowest BCUT2D eigenvalue weighted by Crippen LogP contribution is -2.54. The van der Waals surface area contributed by atoms with E-state index in [-0.39, 0.29) is 33.3 Å². The first-order valence-corrected chi connectivity index (χ1v) is 13.9. The summed E-state index contributed by atoms with van der Waals surface area (Å²) in [5, 5.41) is 4.75. The Morgan fingerprint density at radius 3 is 2.41 bits per heavy atom. The van der Waals surface area contributed by atoms with E-state index in [9.17, 15) is 23.6 Å². The third-order valence-corrected chi connectivity index (χ3v) is 6.37. The summed E-state index contributed by atoms with van der Waals surface area (Å²) in [5.41, 5.74) is 0.467. The standard InChI is InChI=1S/C31H29ClFN3O8/c1-4-12-43-24-11-10-21(16-25(24)42-5-2)36-30(39)22(29(38)35-31(36)40)13-18-14-23(32)28(26(15-18)41-3)44-17-27(37)34-20-8-6-19(33)7-9-20/h6-11,13-16H,4-5,12,17H2,1-3H3,(H,34,37)(H,35,38,40)/b22-13+. The van der Waals surface area contributed by atoms with Gasteiger partial charge in [-0.05, 0) is 73.5 Å². The number of carbonyl (C=O) groups excluding carboxylic acids is 4. The van der Waals surface area contributed by atoms with Crippen molar-refractivity contribution in [1.82, 2.24) is 5.32 Å². The summed E-state index contributed by atoms with van der Waals surface area (Å²) in [6.45, 7) is 4.06. The van der Waals surface area contributed by atoms with Gasteiger partial charge < -0.3 is 24.3 Å². The van der Waals surface area contributed by atoms with Crippen molar-refractivity contribution in [3.05, 3.63) is 76.6 Å². The maximum atomic E-state index is 13.5. The lowest BCUT2D eigenvalue weighted by atomic mass is 10.1. The predicted molar refractivity (Wildman–Crippen MR) is 161 cm³/mol. The Kier molecular flexibility index (Phi) is 10.4. The van der Waals surface area contributed by atoms with Crippen LogP contribution < -0.4 is 34.5 Å². The molecular formula is C31H29ClFN3O8. The van der Waals surface area contributed by atoms with Gasteiger partial charge in [0.25, 0.3) is 17.7 Å². The number of rotatable bonds is 12. The monoisotopic (exact) mass is 625 g/mol. The van der Waals surface area contributed by atoms with Gasteiger partial charge in [-0.2, -0.15) is 0 Å². The lowest BCUT2D eigenvalue weighted by molar-refractivity contribution is -0.122. The van der Waals surface area contributed by atoms with E-state index in [0.29, 0.717) is 30.4 Å². The lowest BCUT2D eigenvalue weighted by Gasteiger charge is -2.27. The van der Waals surface area contributed by atoms with Crippen molar-refractivity contribution in [2.24, 2.45) is 0 Å². The second-order valence-corrected chi connectivity index (χ2v) is 9.66. The van der Waals surface area contributed by atoms with Crippen LogP contribution in [0.2, 0.25) is 5.02 Å². The van der Waals surface area contributed by atoms with Gasteiger partial charge in [-0.25, -0.2) is 14.1 Å². The van der Waals surface area contributed by atoms with Crippen LogP contribution in [0.25, 0.3) is 6.08 Å². The molecule has 0 atom stereocenters. The van der Waals surface area contributed by atoms with E-state index in [4.69, 9.17) is 30.5 Å². The van der Waals surface area contributed by atoms with Crippen molar-refractivity contribution in [3.8, 4) is 23.0 Å². The van der Waals surface area contributed by atoms with Crippen LogP contribution in [0.4, 0.5) is 20.6 Å².